The summed E-state index contributed by atoms with van der Waals surface area (Å²) < 4.78 is 0. The Kier molecular flexibility index (Phi) is 3.36. The first-order valence-electron chi connectivity index (χ1n) is 1.78. The molecule has 3 heteroatoms. The minimum atomic E-state index is 0. The zero-order chi connectivity index (χ0) is 4.41. The van der Waals surface area contributed by atoms with Gasteiger partial charge >= 0.3 is 35.5 Å². The van der Waals surface area contributed by atoms with Gasteiger partial charge < -0.3 is 0 Å². The zero-order valence-corrected chi connectivity index (χ0v) is 6.18. The first-order valence-corrected chi connectivity index (χ1v) is 1.78. The van der Waals surface area contributed by atoms with E-state index in [1.54, 1.807) is 12.0 Å². The Morgan fingerprint density at radius 2 is 2.29 bits per heavy atom. The molecule has 0 saturated carbocycles. The number of allylic oxidation sites excluding steroid dienone is 2. The fourth-order valence-electron chi connectivity index (χ4n) is 0.356. The van der Waals surface area contributed by atoms with Crippen LogP contribution in [0.15, 0.2) is 12.2 Å². The van der Waals surface area contributed by atoms with Crippen LogP contribution in [-0.2, 0) is 31.0 Å². The van der Waals surface area contributed by atoms with Crippen LogP contribution in [0.1, 0.15) is 0 Å². The Morgan fingerprint density at radius 1 is 1.57 bits per heavy atom. The Bertz CT molecular complexity index is 114. The Balaban J connectivity index is 0.000000360. The van der Waals surface area contributed by atoms with Crippen LogP contribution in [0.3, 0.4) is 0 Å². The third-order valence-corrected chi connectivity index (χ3v) is 0.632. The fraction of sp³-hybridized carbons (Fsp3) is 0. The van der Waals surface area contributed by atoms with Gasteiger partial charge in [-0.2, -0.15) is 0 Å². The van der Waals surface area contributed by atoms with Crippen molar-refractivity contribution in [3.8, 4) is 0 Å². The van der Waals surface area contributed by atoms with E-state index in [-0.39, 0.29) is 31.9 Å². The Labute approximate surface area is 61.8 Å². The molecule has 1 heterocycles. The molecular formula is C4H3BOZr. The molecule has 0 atom stereocenters. The Hall–Kier alpha value is 0.228. The molecule has 0 N–H and O–H groups in total. The second-order valence-electron chi connectivity index (χ2n) is 1.12. The van der Waals surface area contributed by atoms with Gasteiger partial charge in [-0.25, -0.2) is 0 Å². The third-order valence-electron chi connectivity index (χ3n) is 0.632. The summed E-state index contributed by atoms with van der Waals surface area (Å²) in [7, 11) is 0. The van der Waals surface area contributed by atoms with Crippen LogP contribution in [0.2, 0.25) is 0 Å². The van der Waals surface area contributed by atoms with Crippen LogP contribution in [0.5, 0.6) is 0 Å². The molecule has 0 saturated heterocycles. The topological polar surface area (TPSA) is 17.1 Å². The molecule has 32 valence electrons. The van der Waals surface area contributed by atoms with Crippen molar-refractivity contribution in [1.29, 1.82) is 0 Å². The monoisotopic (exact) mass is 168 g/mol. The molecule has 1 aliphatic heterocycles. The summed E-state index contributed by atoms with van der Waals surface area (Å²) in [6, 6.07) is 0. The van der Waals surface area contributed by atoms with Gasteiger partial charge in [-0.15, -0.1) is 0 Å². The quantitative estimate of drug-likeness (QED) is 0.450. The SMILES string of the molecule is O=C1B=CC=C1.[Zr]. The fourth-order valence-corrected chi connectivity index (χ4v) is 0.356. The molecular weight excluding hydrogens is 166 g/mol. The van der Waals surface area contributed by atoms with Crippen LogP contribution in [0, 0.1) is 0 Å². The van der Waals surface area contributed by atoms with Gasteiger partial charge in [0.2, 0.25) is 0 Å². The summed E-state index contributed by atoms with van der Waals surface area (Å²) in [4.78, 5) is 10.1. The van der Waals surface area contributed by atoms with Crippen LogP contribution in [0.25, 0.3) is 0 Å². The molecule has 0 unspecified atom stereocenters. The maximum atomic E-state index is 10.1. The molecule has 0 aromatic carbocycles. The van der Waals surface area contributed by atoms with Crippen molar-refractivity contribution in [2.45, 2.75) is 0 Å². The predicted molar refractivity (Wildman–Crippen MR) is 26.0 cm³/mol. The molecule has 0 bridgehead atoms. The van der Waals surface area contributed by atoms with E-state index in [1.807, 2.05) is 0 Å². The number of hydrogen-bond acceptors (Lipinski definition) is 1. The van der Waals surface area contributed by atoms with Crippen molar-refractivity contribution in [2.75, 3.05) is 0 Å². The summed E-state index contributed by atoms with van der Waals surface area (Å²) in [6.07, 6.45) is 3.25. The van der Waals surface area contributed by atoms with E-state index in [1.165, 1.54) is 13.0 Å². The van der Waals surface area contributed by atoms with Crippen LogP contribution in [0.4, 0.5) is 0 Å². The first-order chi connectivity index (χ1) is 2.89. The Morgan fingerprint density at radius 3 is 2.43 bits per heavy atom. The van der Waals surface area contributed by atoms with E-state index in [0.29, 0.717) is 0 Å². The van der Waals surface area contributed by atoms with E-state index < -0.39 is 0 Å². The minimum Gasteiger partial charge on any atom is 0 e. The molecule has 7 heavy (non-hydrogen) atoms. The van der Waals surface area contributed by atoms with Gasteiger partial charge in [-0.3, -0.25) is 0 Å². The molecule has 0 aromatic rings. The standard InChI is InChI=1S/C4H3BO.Zr/c6-4-2-1-3-5-4;/h1-3H;. The number of hydrogen-bond donors (Lipinski definition) is 0. The average molecular weight is 169 g/mol. The second-order valence-corrected chi connectivity index (χ2v) is 1.12. The van der Waals surface area contributed by atoms with Crippen molar-refractivity contribution in [2.24, 2.45) is 0 Å². The molecule has 0 aromatic heterocycles. The predicted octanol–water partition coefficient (Wildman–Crippen LogP) is -0.413. The van der Waals surface area contributed by atoms with E-state index in [4.69, 9.17) is 0 Å². The first kappa shape index (κ1) is 7.23. The van der Waals surface area contributed by atoms with E-state index in [9.17, 15) is 4.79 Å². The maximum Gasteiger partial charge on any atom is 0 e. The average Bonchev–Trinajstić information content (AvgIpc) is 1.86. The number of carbonyl (C=O) groups excluding carboxylic acids is 1. The summed E-state index contributed by atoms with van der Waals surface area (Å²) in [5, 5.41) is 0. The molecule has 0 radical (unpaired) electrons. The normalized spacial score (nSPS) is 13.4. The molecule has 0 amide bonds. The van der Waals surface area contributed by atoms with E-state index in [2.05, 4.69) is 0 Å². The molecule has 1 aliphatic rings. The summed E-state index contributed by atoms with van der Waals surface area (Å²) in [5.41, 5.74) is 0.0926. The maximum absolute atomic E-state index is 10.1. The van der Waals surface area contributed by atoms with Gasteiger partial charge in [-0.1, -0.05) is 0 Å². The van der Waals surface area contributed by atoms with Crippen molar-refractivity contribution < 1.29 is 31.0 Å². The third kappa shape index (κ3) is 2.13. The molecule has 0 aliphatic carbocycles. The van der Waals surface area contributed by atoms with Gasteiger partial charge in [0, 0.05) is 26.2 Å². The smallest absolute Gasteiger partial charge is 0 e. The summed E-state index contributed by atoms with van der Waals surface area (Å²) >= 11 is 0. The van der Waals surface area contributed by atoms with Crippen molar-refractivity contribution in [3.63, 3.8) is 0 Å². The van der Waals surface area contributed by atoms with E-state index in [0.717, 1.165) is 0 Å². The van der Waals surface area contributed by atoms with Gasteiger partial charge in [0.1, 0.15) is 0 Å². The van der Waals surface area contributed by atoms with Crippen LogP contribution < -0.4 is 0 Å². The molecule has 1 nitrogen and oxygen atoms in total. The second kappa shape index (κ2) is 3.26. The van der Waals surface area contributed by atoms with Crippen LogP contribution >= 0.6 is 0 Å². The number of carbonyl (C=O) groups is 1. The summed E-state index contributed by atoms with van der Waals surface area (Å²) in [6.45, 7) is 1.53. The van der Waals surface area contributed by atoms with Crippen molar-refractivity contribution in [3.05, 3.63) is 12.2 Å². The van der Waals surface area contributed by atoms with Crippen molar-refractivity contribution in [1.82, 2.24) is 0 Å². The van der Waals surface area contributed by atoms with E-state index >= 15 is 0 Å². The molecule has 1 rings (SSSR count). The van der Waals surface area contributed by atoms with Gasteiger partial charge in [0.05, 0.1) is 0 Å². The largest absolute Gasteiger partial charge is 0 e. The molecule has 0 spiro atoms. The van der Waals surface area contributed by atoms with Gasteiger partial charge in [0.15, 0.2) is 0 Å². The zero-order valence-electron chi connectivity index (χ0n) is 3.72. The van der Waals surface area contributed by atoms with Crippen LogP contribution in [-0.4, -0.2) is 18.6 Å². The minimum absolute atomic E-state index is 0. The van der Waals surface area contributed by atoms with Crippen molar-refractivity contribution >= 4 is 18.6 Å². The van der Waals surface area contributed by atoms with Gasteiger partial charge in [0.25, 0.3) is 0 Å². The molecule has 0 fully saturated rings. The number of rotatable bonds is 0. The van der Waals surface area contributed by atoms with Gasteiger partial charge in [-0.05, 0) is 0 Å². The summed E-state index contributed by atoms with van der Waals surface area (Å²) in [5.74, 6) is 1.72.